The van der Waals surface area contributed by atoms with Crippen LogP contribution in [0, 0.1) is 0 Å². The van der Waals surface area contributed by atoms with Crippen LogP contribution >= 0.6 is 0 Å². The molecule has 0 saturated carbocycles. The second kappa shape index (κ2) is 11.3. The first-order valence-electron chi connectivity index (χ1n) is 11.3. The molecule has 9 nitrogen and oxygen atoms in total. The molecule has 1 aliphatic heterocycles. The molecule has 1 aliphatic rings. The summed E-state index contributed by atoms with van der Waals surface area (Å²) in [6.45, 7) is 3.72. The van der Waals surface area contributed by atoms with Crippen LogP contribution in [0.4, 0.5) is 5.69 Å². The summed E-state index contributed by atoms with van der Waals surface area (Å²) in [5.74, 6) is 0.227. The van der Waals surface area contributed by atoms with Gasteiger partial charge in [-0.1, -0.05) is 6.07 Å². The van der Waals surface area contributed by atoms with Crippen LogP contribution < -0.4 is 20.3 Å². The maximum atomic E-state index is 12.4. The SMILES string of the molecule is COc1ccc(N2CCN(C(CNC(=O)C(=O)NCc3ccccn3)c3ccco3)CC2)cc1. The second-order valence-electron chi connectivity index (χ2n) is 7.97. The van der Waals surface area contributed by atoms with Gasteiger partial charge in [0.2, 0.25) is 0 Å². The van der Waals surface area contributed by atoms with Crippen LogP contribution in [-0.2, 0) is 16.1 Å². The predicted molar refractivity (Wildman–Crippen MR) is 127 cm³/mol. The van der Waals surface area contributed by atoms with Crippen molar-refractivity contribution in [2.24, 2.45) is 0 Å². The third-order valence-electron chi connectivity index (χ3n) is 5.88. The third-order valence-corrected chi connectivity index (χ3v) is 5.88. The predicted octanol–water partition coefficient (Wildman–Crippen LogP) is 1.98. The standard InChI is InChI=1S/C25H29N5O4/c1-33-21-9-7-20(8-10-21)29-12-14-30(15-13-29)22(23-6-4-16-34-23)18-28-25(32)24(31)27-17-19-5-2-3-11-26-19/h2-11,16,22H,12-15,17-18H2,1H3,(H,27,31)(H,28,32). The first-order valence-corrected chi connectivity index (χ1v) is 11.3. The van der Waals surface area contributed by atoms with E-state index < -0.39 is 11.8 Å². The number of amides is 2. The van der Waals surface area contributed by atoms with Crippen molar-refractivity contribution in [2.75, 3.05) is 44.7 Å². The van der Waals surface area contributed by atoms with Crippen LogP contribution in [0.1, 0.15) is 17.5 Å². The van der Waals surface area contributed by atoms with Crippen molar-refractivity contribution in [3.63, 3.8) is 0 Å². The molecule has 3 heterocycles. The van der Waals surface area contributed by atoms with Crippen molar-refractivity contribution in [3.05, 3.63) is 78.5 Å². The molecule has 4 rings (SSSR count). The van der Waals surface area contributed by atoms with Crippen LogP contribution in [0.25, 0.3) is 0 Å². The Kier molecular flexibility index (Phi) is 7.77. The zero-order valence-electron chi connectivity index (χ0n) is 19.1. The highest BCUT2D eigenvalue weighted by Crippen LogP contribution is 2.25. The molecule has 34 heavy (non-hydrogen) atoms. The van der Waals surface area contributed by atoms with Crippen molar-refractivity contribution in [1.82, 2.24) is 20.5 Å². The van der Waals surface area contributed by atoms with E-state index in [0.29, 0.717) is 5.69 Å². The van der Waals surface area contributed by atoms with Crippen molar-refractivity contribution in [2.45, 2.75) is 12.6 Å². The van der Waals surface area contributed by atoms with E-state index in [1.807, 2.05) is 30.3 Å². The lowest BCUT2D eigenvalue weighted by atomic mass is 10.1. The van der Waals surface area contributed by atoms with Crippen LogP contribution in [0.15, 0.2) is 71.5 Å². The van der Waals surface area contributed by atoms with Gasteiger partial charge in [0.05, 0.1) is 31.7 Å². The fourth-order valence-electron chi connectivity index (χ4n) is 4.00. The van der Waals surface area contributed by atoms with Crippen molar-refractivity contribution < 1.29 is 18.7 Å². The lowest BCUT2D eigenvalue weighted by Gasteiger charge is -2.39. The van der Waals surface area contributed by atoms with Gasteiger partial charge < -0.3 is 24.7 Å². The fraction of sp³-hybridized carbons (Fsp3) is 0.320. The zero-order chi connectivity index (χ0) is 23.8. The highest BCUT2D eigenvalue weighted by molar-refractivity contribution is 6.35. The number of hydrogen-bond acceptors (Lipinski definition) is 7. The molecule has 2 N–H and O–H groups in total. The number of nitrogens with zero attached hydrogens (tertiary/aromatic N) is 3. The number of nitrogens with one attached hydrogen (secondary N) is 2. The molecule has 1 fully saturated rings. The Morgan fingerprint density at radius 3 is 2.41 bits per heavy atom. The smallest absolute Gasteiger partial charge is 0.309 e. The molecule has 1 atom stereocenters. The van der Waals surface area contributed by atoms with E-state index in [1.54, 1.807) is 31.7 Å². The normalized spacial score (nSPS) is 14.9. The molecule has 1 unspecified atom stereocenters. The topological polar surface area (TPSA) is 99.9 Å². The van der Waals surface area contributed by atoms with Gasteiger partial charge in [-0.2, -0.15) is 0 Å². The summed E-state index contributed by atoms with van der Waals surface area (Å²) in [5, 5.41) is 5.36. The molecule has 178 valence electrons. The number of hydrogen-bond donors (Lipinski definition) is 2. The van der Waals surface area contributed by atoms with E-state index in [-0.39, 0.29) is 19.1 Å². The molecule has 0 radical (unpaired) electrons. The number of carbonyl (C=O) groups is 2. The Morgan fingerprint density at radius 1 is 1.00 bits per heavy atom. The van der Waals surface area contributed by atoms with E-state index in [2.05, 4.69) is 37.6 Å². The largest absolute Gasteiger partial charge is 0.497 e. The summed E-state index contributed by atoms with van der Waals surface area (Å²) in [6, 6.07) is 17.0. The Bertz CT molecular complexity index is 1050. The molecule has 3 aromatic rings. The van der Waals surface area contributed by atoms with Crippen molar-refractivity contribution in [3.8, 4) is 5.75 Å². The van der Waals surface area contributed by atoms with Gasteiger partial charge in [-0.25, -0.2) is 0 Å². The quantitative estimate of drug-likeness (QED) is 0.493. The molecular weight excluding hydrogens is 434 g/mol. The van der Waals surface area contributed by atoms with Crippen molar-refractivity contribution >= 4 is 17.5 Å². The van der Waals surface area contributed by atoms with E-state index in [4.69, 9.17) is 9.15 Å². The van der Waals surface area contributed by atoms with Gasteiger partial charge in [-0.3, -0.25) is 19.5 Å². The molecule has 0 bridgehead atoms. The van der Waals surface area contributed by atoms with E-state index >= 15 is 0 Å². The summed E-state index contributed by atoms with van der Waals surface area (Å²) in [6.07, 6.45) is 3.27. The maximum absolute atomic E-state index is 12.4. The fourth-order valence-corrected chi connectivity index (χ4v) is 4.00. The molecule has 1 aromatic carbocycles. The number of rotatable bonds is 8. The second-order valence-corrected chi connectivity index (χ2v) is 7.97. The summed E-state index contributed by atoms with van der Waals surface area (Å²) >= 11 is 0. The van der Waals surface area contributed by atoms with E-state index in [0.717, 1.165) is 43.4 Å². The highest BCUT2D eigenvalue weighted by atomic mass is 16.5. The average molecular weight is 464 g/mol. The van der Waals surface area contributed by atoms with Crippen LogP contribution in [0.3, 0.4) is 0 Å². The third kappa shape index (κ3) is 5.93. The number of piperazine rings is 1. The Morgan fingerprint density at radius 2 is 1.76 bits per heavy atom. The maximum Gasteiger partial charge on any atom is 0.309 e. The average Bonchev–Trinajstić information content (AvgIpc) is 3.43. The molecule has 9 heteroatoms. The Hall–Kier alpha value is -3.85. The molecule has 2 amide bonds. The van der Waals surface area contributed by atoms with Gasteiger partial charge >= 0.3 is 11.8 Å². The number of benzene rings is 1. The Labute approximate surface area is 198 Å². The molecule has 1 saturated heterocycles. The lowest BCUT2D eigenvalue weighted by Crippen LogP contribution is -2.50. The minimum Gasteiger partial charge on any atom is -0.497 e. The van der Waals surface area contributed by atoms with Crippen molar-refractivity contribution in [1.29, 1.82) is 0 Å². The summed E-state index contributed by atoms with van der Waals surface area (Å²) in [4.78, 5) is 33.4. The highest BCUT2D eigenvalue weighted by Gasteiger charge is 2.28. The number of aromatic nitrogens is 1. The number of ether oxygens (including phenoxy) is 1. The minimum absolute atomic E-state index is 0.166. The van der Waals surface area contributed by atoms with Gasteiger partial charge in [-0.15, -0.1) is 0 Å². The molecule has 0 aliphatic carbocycles. The summed E-state index contributed by atoms with van der Waals surface area (Å²) in [5.41, 5.74) is 1.83. The van der Waals surface area contributed by atoms with Crippen LogP contribution in [0.2, 0.25) is 0 Å². The van der Waals surface area contributed by atoms with Crippen LogP contribution in [0.5, 0.6) is 5.75 Å². The Balaban J connectivity index is 1.31. The monoisotopic (exact) mass is 463 g/mol. The van der Waals surface area contributed by atoms with Crippen LogP contribution in [-0.4, -0.2) is 61.5 Å². The van der Waals surface area contributed by atoms with Gasteiger partial charge in [-0.05, 0) is 48.5 Å². The van der Waals surface area contributed by atoms with Gasteiger partial charge in [0.15, 0.2) is 0 Å². The number of anilines is 1. The number of methoxy groups -OCH3 is 1. The van der Waals surface area contributed by atoms with Gasteiger partial charge in [0.1, 0.15) is 11.5 Å². The number of carbonyl (C=O) groups excluding carboxylic acids is 2. The number of pyridine rings is 1. The zero-order valence-corrected chi connectivity index (χ0v) is 19.1. The first-order chi connectivity index (χ1) is 16.6. The molecular formula is C25H29N5O4. The first kappa shape index (κ1) is 23.3. The van der Waals surface area contributed by atoms with Gasteiger partial charge in [0.25, 0.3) is 0 Å². The minimum atomic E-state index is -0.687. The number of furan rings is 1. The summed E-state index contributed by atoms with van der Waals surface area (Å²) in [7, 11) is 1.66. The van der Waals surface area contributed by atoms with Gasteiger partial charge in [0, 0.05) is 44.6 Å². The summed E-state index contributed by atoms with van der Waals surface area (Å²) < 4.78 is 10.9. The van der Waals surface area contributed by atoms with E-state index in [1.165, 1.54) is 0 Å². The molecule has 2 aromatic heterocycles. The molecule has 0 spiro atoms. The van der Waals surface area contributed by atoms with E-state index in [9.17, 15) is 9.59 Å². The lowest BCUT2D eigenvalue weighted by molar-refractivity contribution is -0.139.